The molecule has 0 saturated carbocycles. The second kappa shape index (κ2) is 10.4. The number of benzene rings is 1. The summed E-state index contributed by atoms with van der Waals surface area (Å²) in [7, 11) is 3.23. The molecule has 1 aromatic rings. The molecule has 0 bridgehead atoms. The Morgan fingerprint density at radius 2 is 1.89 bits per heavy atom. The van der Waals surface area contributed by atoms with Crippen LogP contribution in [0.4, 0.5) is 8.78 Å². The van der Waals surface area contributed by atoms with Crippen LogP contribution < -0.4 is 20.1 Å². The van der Waals surface area contributed by atoms with Gasteiger partial charge >= 0.3 is 0 Å². The zero-order valence-corrected chi connectivity index (χ0v) is 17.6. The predicted octanol–water partition coefficient (Wildman–Crippen LogP) is 2.02. The molecule has 160 valence electrons. The van der Waals surface area contributed by atoms with E-state index in [4.69, 9.17) is 9.47 Å². The number of rotatable bonds is 6. The Balaban J connectivity index is 0.00000196. The quantitative estimate of drug-likeness (QED) is 0.706. The number of alkyl halides is 2. The van der Waals surface area contributed by atoms with Crippen LogP contribution >= 0.6 is 24.8 Å². The molecule has 1 aromatic carbocycles. The molecule has 1 amide bonds. The molecule has 0 radical (unpaired) electrons. The zero-order valence-electron chi connectivity index (χ0n) is 15.9. The van der Waals surface area contributed by atoms with Crippen LogP contribution in [0, 0.1) is 0 Å². The number of methoxy groups -OCH3 is 2. The average molecular weight is 442 g/mol. The molecular weight excluding hydrogens is 415 g/mol. The van der Waals surface area contributed by atoms with Gasteiger partial charge in [-0.1, -0.05) is 0 Å². The molecule has 1 unspecified atom stereocenters. The van der Waals surface area contributed by atoms with Crippen LogP contribution in [0.1, 0.15) is 17.5 Å². The Morgan fingerprint density at radius 3 is 2.46 bits per heavy atom. The molecule has 1 saturated heterocycles. The summed E-state index contributed by atoms with van der Waals surface area (Å²) in [4.78, 5) is 14.2. The number of fused-ring (bicyclic) bond motifs is 1. The molecule has 3 rings (SSSR count). The van der Waals surface area contributed by atoms with E-state index >= 15 is 0 Å². The van der Waals surface area contributed by atoms with Crippen LogP contribution in [-0.4, -0.2) is 63.2 Å². The smallest absolute Gasteiger partial charge is 0.262 e. The van der Waals surface area contributed by atoms with E-state index in [1.807, 2.05) is 12.1 Å². The van der Waals surface area contributed by atoms with Crippen molar-refractivity contribution < 1.29 is 23.0 Å². The first-order chi connectivity index (χ1) is 12.4. The highest BCUT2D eigenvalue weighted by atomic mass is 35.5. The summed E-state index contributed by atoms with van der Waals surface area (Å²) in [5.74, 6) is -1.72. The maximum Gasteiger partial charge on any atom is 0.262 e. The molecule has 2 heterocycles. The van der Waals surface area contributed by atoms with Gasteiger partial charge in [0.2, 0.25) is 5.91 Å². The van der Waals surface area contributed by atoms with E-state index in [9.17, 15) is 13.6 Å². The second-order valence-electron chi connectivity index (χ2n) is 6.79. The first-order valence-electron chi connectivity index (χ1n) is 8.77. The summed E-state index contributed by atoms with van der Waals surface area (Å²) in [6, 6.07) is 3.20. The topological polar surface area (TPSA) is 62.8 Å². The first kappa shape index (κ1) is 24.7. The van der Waals surface area contributed by atoms with Crippen molar-refractivity contribution in [2.75, 3.05) is 40.4 Å². The number of carbonyl (C=O) groups excluding carboxylic acids is 1. The molecule has 28 heavy (non-hydrogen) atoms. The molecule has 1 atom stereocenters. The van der Waals surface area contributed by atoms with Gasteiger partial charge in [0.15, 0.2) is 11.5 Å². The lowest BCUT2D eigenvalue weighted by Crippen LogP contribution is -2.44. The van der Waals surface area contributed by atoms with Crippen molar-refractivity contribution >= 4 is 30.7 Å². The van der Waals surface area contributed by atoms with Crippen molar-refractivity contribution in [2.24, 2.45) is 0 Å². The largest absolute Gasteiger partial charge is 0.493 e. The molecule has 1 fully saturated rings. The molecule has 2 aliphatic rings. The summed E-state index contributed by atoms with van der Waals surface area (Å²) >= 11 is 0. The van der Waals surface area contributed by atoms with Gasteiger partial charge in [-0.2, -0.15) is 0 Å². The molecule has 10 heteroatoms. The van der Waals surface area contributed by atoms with E-state index in [0.717, 1.165) is 25.3 Å². The fraction of sp³-hybridized carbons (Fsp3) is 0.611. The number of amides is 1. The highest BCUT2D eigenvalue weighted by molar-refractivity contribution is 5.85. The van der Waals surface area contributed by atoms with Crippen LogP contribution in [0.25, 0.3) is 0 Å². The summed E-state index contributed by atoms with van der Waals surface area (Å²) in [6.07, 6.45) is 0.456. The number of nitrogens with one attached hydrogen (secondary N) is 2. The highest BCUT2D eigenvalue weighted by Crippen LogP contribution is 2.33. The third-order valence-corrected chi connectivity index (χ3v) is 4.95. The molecule has 0 aliphatic carbocycles. The standard InChI is InChI=1S/C18H25F2N3O3.2ClH/c1-25-15-7-12-3-5-23(10-13(12)8-16(15)26-2)6-4-21-17(24)14-9-18(19,20)11-22-14;;/h7-8,14,22H,3-6,9-11H2,1-2H3,(H,21,24);2*1H. The molecule has 0 aromatic heterocycles. The maximum atomic E-state index is 13.2. The monoisotopic (exact) mass is 441 g/mol. The van der Waals surface area contributed by atoms with E-state index in [-0.39, 0.29) is 30.7 Å². The van der Waals surface area contributed by atoms with Crippen LogP contribution in [0.15, 0.2) is 12.1 Å². The van der Waals surface area contributed by atoms with Gasteiger partial charge < -0.3 is 14.8 Å². The van der Waals surface area contributed by atoms with Crippen LogP contribution in [0.2, 0.25) is 0 Å². The first-order valence-corrected chi connectivity index (χ1v) is 8.77. The predicted molar refractivity (Wildman–Crippen MR) is 107 cm³/mol. The Morgan fingerprint density at radius 1 is 1.25 bits per heavy atom. The maximum absolute atomic E-state index is 13.2. The fourth-order valence-electron chi connectivity index (χ4n) is 3.49. The van der Waals surface area contributed by atoms with Crippen molar-refractivity contribution in [3.8, 4) is 11.5 Å². The number of carbonyl (C=O) groups is 1. The van der Waals surface area contributed by atoms with Crippen LogP contribution in [0.3, 0.4) is 0 Å². The summed E-state index contributed by atoms with van der Waals surface area (Å²) in [6.45, 7) is 2.30. The van der Waals surface area contributed by atoms with E-state index in [1.54, 1.807) is 14.2 Å². The minimum Gasteiger partial charge on any atom is -0.493 e. The molecule has 2 aliphatic heterocycles. The van der Waals surface area contributed by atoms with E-state index in [1.165, 1.54) is 11.1 Å². The van der Waals surface area contributed by atoms with Gasteiger partial charge in [0.05, 0.1) is 26.8 Å². The minimum absolute atomic E-state index is 0. The molecule has 6 nitrogen and oxygen atoms in total. The lowest BCUT2D eigenvalue weighted by molar-refractivity contribution is -0.123. The van der Waals surface area contributed by atoms with Gasteiger partial charge in [0, 0.05) is 32.6 Å². The van der Waals surface area contributed by atoms with Crippen molar-refractivity contribution in [1.29, 1.82) is 0 Å². The summed E-state index contributed by atoms with van der Waals surface area (Å²) < 4.78 is 37.0. The molecule has 0 spiro atoms. The SMILES string of the molecule is COc1cc2c(cc1OC)CN(CCNC(=O)C1CC(F)(F)CN1)CC2.Cl.Cl. The van der Waals surface area contributed by atoms with Crippen LogP contribution in [-0.2, 0) is 17.8 Å². The van der Waals surface area contributed by atoms with E-state index in [2.05, 4.69) is 15.5 Å². The Labute approximate surface area is 176 Å². The Kier molecular flexibility index (Phi) is 9.20. The van der Waals surface area contributed by atoms with Crippen LogP contribution in [0.5, 0.6) is 11.5 Å². The average Bonchev–Trinajstić information content (AvgIpc) is 3.00. The lowest BCUT2D eigenvalue weighted by Gasteiger charge is -2.29. The Hall–Kier alpha value is -1.35. The zero-order chi connectivity index (χ0) is 18.7. The highest BCUT2D eigenvalue weighted by Gasteiger charge is 2.42. The third kappa shape index (κ3) is 5.83. The van der Waals surface area contributed by atoms with Gasteiger partial charge in [0.1, 0.15) is 0 Å². The number of nitrogens with zero attached hydrogens (tertiary/aromatic N) is 1. The Bertz CT molecular complexity index is 680. The number of halogens is 4. The van der Waals surface area contributed by atoms with Gasteiger partial charge in [-0.3, -0.25) is 15.0 Å². The fourth-order valence-corrected chi connectivity index (χ4v) is 3.49. The van der Waals surface area contributed by atoms with Crippen molar-refractivity contribution in [2.45, 2.75) is 31.4 Å². The van der Waals surface area contributed by atoms with Gasteiger partial charge in [0.25, 0.3) is 5.92 Å². The van der Waals surface area contributed by atoms with E-state index in [0.29, 0.717) is 18.8 Å². The third-order valence-electron chi connectivity index (χ3n) is 4.95. The van der Waals surface area contributed by atoms with Gasteiger partial charge in [-0.05, 0) is 29.7 Å². The summed E-state index contributed by atoms with van der Waals surface area (Å²) in [5.41, 5.74) is 2.41. The van der Waals surface area contributed by atoms with E-state index < -0.39 is 24.9 Å². The second-order valence-corrected chi connectivity index (χ2v) is 6.79. The minimum atomic E-state index is -2.79. The molecule has 2 N–H and O–H groups in total. The van der Waals surface area contributed by atoms with Crippen molar-refractivity contribution in [1.82, 2.24) is 15.5 Å². The normalized spacial score (nSPS) is 20.4. The van der Waals surface area contributed by atoms with Crippen molar-refractivity contribution in [3.63, 3.8) is 0 Å². The van der Waals surface area contributed by atoms with Crippen molar-refractivity contribution in [3.05, 3.63) is 23.3 Å². The van der Waals surface area contributed by atoms with Gasteiger partial charge in [-0.15, -0.1) is 24.8 Å². The summed E-state index contributed by atoms with van der Waals surface area (Å²) in [5, 5.41) is 5.32. The van der Waals surface area contributed by atoms with Gasteiger partial charge in [-0.25, -0.2) is 8.78 Å². The number of hydrogen-bond donors (Lipinski definition) is 2. The number of hydrogen-bond acceptors (Lipinski definition) is 5. The lowest BCUT2D eigenvalue weighted by atomic mass is 9.99. The molecular formula is C18H27Cl2F2N3O3. The number of ether oxygens (including phenoxy) is 2.